The van der Waals surface area contributed by atoms with E-state index in [0.29, 0.717) is 12.4 Å². The molecule has 0 saturated carbocycles. The molecule has 0 unspecified atom stereocenters. The summed E-state index contributed by atoms with van der Waals surface area (Å²) in [5.74, 6) is 0.300. The number of aryl methyl sites for hydroxylation is 2. The summed E-state index contributed by atoms with van der Waals surface area (Å²) in [6, 6.07) is 18.7. The van der Waals surface area contributed by atoms with E-state index in [-0.39, 0.29) is 10.6 Å². The summed E-state index contributed by atoms with van der Waals surface area (Å²) >= 11 is 0. The second-order valence-electron chi connectivity index (χ2n) is 5.50. The summed E-state index contributed by atoms with van der Waals surface area (Å²) in [5, 5.41) is 11.3. The zero-order valence-electron chi connectivity index (χ0n) is 13.2. The molecule has 24 heavy (non-hydrogen) atoms. The number of benzene rings is 2. The molecule has 0 bridgehead atoms. The molecule has 0 saturated heterocycles. The van der Waals surface area contributed by atoms with E-state index in [1.54, 1.807) is 12.1 Å². The van der Waals surface area contributed by atoms with Gasteiger partial charge in [-0.05, 0) is 35.7 Å². The second-order valence-corrected chi connectivity index (χ2v) is 5.50. The van der Waals surface area contributed by atoms with Gasteiger partial charge in [-0.15, -0.1) is 0 Å². The molecule has 0 amide bonds. The molecule has 1 aromatic heterocycles. The molecule has 2 aromatic carbocycles. The van der Waals surface area contributed by atoms with Gasteiger partial charge in [-0.2, -0.15) is 0 Å². The highest BCUT2D eigenvalue weighted by Crippen LogP contribution is 2.29. The van der Waals surface area contributed by atoms with Crippen molar-refractivity contribution in [3.63, 3.8) is 0 Å². The summed E-state index contributed by atoms with van der Waals surface area (Å²) in [7, 11) is 0. The first-order valence-electron chi connectivity index (χ1n) is 7.77. The molecule has 5 nitrogen and oxygen atoms in total. The molecule has 3 rings (SSSR count). The number of aromatic nitrogens is 1. The molecule has 1 heterocycles. The van der Waals surface area contributed by atoms with E-state index in [1.165, 1.54) is 0 Å². The Morgan fingerprint density at radius 1 is 0.958 bits per heavy atom. The third-order valence-corrected chi connectivity index (χ3v) is 3.78. The Bertz CT molecular complexity index is 799. The van der Waals surface area contributed by atoms with Crippen LogP contribution in [0.3, 0.4) is 0 Å². The van der Waals surface area contributed by atoms with E-state index in [4.69, 9.17) is 4.74 Å². The van der Waals surface area contributed by atoms with E-state index >= 15 is 0 Å². The summed E-state index contributed by atoms with van der Waals surface area (Å²) in [4.78, 5) is 10.9. The van der Waals surface area contributed by atoms with Gasteiger partial charge in [0.25, 0.3) is 0 Å². The van der Waals surface area contributed by atoms with Gasteiger partial charge in [0.15, 0.2) is 5.75 Å². The fourth-order valence-electron chi connectivity index (χ4n) is 2.50. The highest BCUT2D eigenvalue weighted by atomic mass is 16.6. The normalized spacial score (nSPS) is 10.5. The van der Waals surface area contributed by atoms with Gasteiger partial charge in [0.1, 0.15) is 6.61 Å². The highest BCUT2D eigenvalue weighted by Gasteiger charge is 2.16. The van der Waals surface area contributed by atoms with Gasteiger partial charge in [0.05, 0.1) is 4.92 Å². The molecule has 3 aromatic rings. The van der Waals surface area contributed by atoms with E-state index in [1.807, 2.05) is 65.5 Å². The molecule has 122 valence electrons. The number of nitro benzene ring substituents is 1. The molecule has 0 atom stereocenters. The van der Waals surface area contributed by atoms with Gasteiger partial charge in [-0.25, -0.2) is 0 Å². The Morgan fingerprint density at radius 2 is 1.71 bits per heavy atom. The zero-order chi connectivity index (χ0) is 16.8. The Morgan fingerprint density at radius 3 is 2.42 bits per heavy atom. The van der Waals surface area contributed by atoms with E-state index in [9.17, 15) is 10.1 Å². The van der Waals surface area contributed by atoms with E-state index < -0.39 is 0 Å². The van der Waals surface area contributed by atoms with Crippen LogP contribution >= 0.6 is 0 Å². The first-order chi connectivity index (χ1) is 11.7. The van der Waals surface area contributed by atoms with Crippen molar-refractivity contribution in [3.05, 3.63) is 94.3 Å². The monoisotopic (exact) mass is 322 g/mol. The summed E-state index contributed by atoms with van der Waals surface area (Å²) in [6.45, 7) is 1.10. The van der Waals surface area contributed by atoms with Crippen molar-refractivity contribution in [2.75, 3.05) is 0 Å². The van der Waals surface area contributed by atoms with Crippen molar-refractivity contribution in [1.29, 1.82) is 0 Å². The van der Waals surface area contributed by atoms with Crippen LogP contribution in [0.5, 0.6) is 5.75 Å². The SMILES string of the molecule is O=[N+]([O-])c1cc(CCn2cccc2)ccc1OCc1ccccc1. The average Bonchev–Trinajstić information content (AvgIpc) is 3.13. The van der Waals surface area contributed by atoms with Crippen LogP contribution in [-0.4, -0.2) is 9.49 Å². The molecule has 0 radical (unpaired) electrons. The van der Waals surface area contributed by atoms with Gasteiger partial charge in [0, 0.05) is 25.0 Å². The van der Waals surface area contributed by atoms with Crippen LogP contribution in [0.1, 0.15) is 11.1 Å². The lowest BCUT2D eigenvalue weighted by molar-refractivity contribution is -0.386. The first kappa shape index (κ1) is 15.8. The van der Waals surface area contributed by atoms with Crippen LogP contribution < -0.4 is 4.74 Å². The summed E-state index contributed by atoms with van der Waals surface area (Å²) in [5.41, 5.74) is 1.90. The number of ether oxygens (including phenoxy) is 1. The lowest BCUT2D eigenvalue weighted by Gasteiger charge is -2.09. The van der Waals surface area contributed by atoms with Crippen molar-refractivity contribution >= 4 is 5.69 Å². The molecular formula is C19H18N2O3. The highest BCUT2D eigenvalue weighted by molar-refractivity contribution is 5.48. The maximum atomic E-state index is 11.3. The Labute approximate surface area is 140 Å². The van der Waals surface area contributed by atoms with Crippen molar-refractivity contribution in [2.24, 2.45) is 0 Å². The third kappa shape index (κ3) is 4.01. The minimum atomic E-state index is -0.389. The van der Waals surface area contributed by atoms with Crippen molar-refractivity contribution < 1.29 is 9.66 Å². The molecule has 0 aliphatic rings. The Hall–Kier alpha value is -3.08. The minimum Gasteiger partial charge on any atom is -0.482 e. The molecular weight excluding hydrogens is 304 g/mol. The predicted molar refractivity (Wildman–Crippen MR) is 92.0 cm³/mol. The smallest absolute Gasteiger partial charge is 0.311 e. The molecule has 0 aliphatic carbocycles. The summed E-state index contributed by atoms with van der Waals surface area (Å²) in [6.07, 6.45) is 4.69. The largest absolute Gasteiger partial charge is 0.482 e. The van der Waals surface area contributed by atoms with E-state index in [2.05, 4.69) is 0 Å². The van der Waals surface area contributed by atoms with Gasteiger partial charge < -0.3 is 9.30 Å². The zero-order valence-corrected chi connectivity index (χ0v) is 13.2. The molecule has 0 aliphatic heterocycles. The molecule has 0 N–H and O–H groups in total. The standard InChI is InChI=1S/C19H18N2O3/c22-21(23)18-14-16(10-13-20-11-4-5-12-20)8-9-19(18)24-15-17-6-2-1-3-7-17/h1-9,11-12,14H,10,13,15H2. The minimum absolute atomic E-state index is 0.0101. The molecule has 5 heteroatoms. The predicted octanol–water partition coefficient (Wildman–Crippen LogP) is 4.22. The van der Waals surface area contributed by atoms with Gasteiger partial charge >= 0.3 is 5.69 Å². The van der Waals surface area contributed by atoms with Crippen molar-refractivity contribution in [3.8, 4) is 5.75 Å². The number of nitro groups is 1. The third-order valence-electron chi connectivity index (χ3n) is 3.78. The van der Waals surface area contributed by atoms with Gasteiger partial charge in [0.2, 0.25) is 0 Å². The topological polar surface area (TPSA) is 57.3 Å². The quantitative estimate of drug-likeness (QED) is 0.483. The van der Waals surface area contributed by atoms with Crippen molar-refractivity contribution in [2.45, 2.75) is 19.6 Å². The molecule has 0 spiro atoms. The number of rotatable bonds is 7. The number of hydrogen-bond donors (Lipinski definition) is 0. The van der Waals surface area contributed by atoms with Crippen LogP contribution in [0.15, 0.2) is 73.1 Å². The maximum absolute atomic E-state index is 11.3. The van der Waals surface area contributed by atoms with Gasteiger partial charge in [-0.3, -0.25) is 10.1 Å². The Kier molecular flexibility index (Phi) is 4.91. The van der Waals surface area contributed by atoms with Crippen LogP contribution in [0.2, 0.25) is 0 Å². The first-order valence-corrected chi connectivity index (χ1v) is 7.77. The maximum Gasteiger partial charge on any atom is 0.311 e. The lowest BCUT2D eigenvalue weighted by Crippen LogP contribution is -2.02. The number of hydrogen-bond acceptors (Lipinski definition) is 3. The number of nitrogens with zero attached hydrogens (tertiary/aromatic N) is 2. The fourth-order valence-corrected chi connectivity index (χ4v) is 2.50. The van der Waals surface area contributed by atoms with E-state index in [0.717, 1.165) is 24.1 Å². The Balaban J connectivity index is 1.71. The van der Waals surface area contributed by atoms with Crippen LogP contribution in [0.4, 0.5) is 5.69 Å². The van der Waals surface area contributed by atoms with Crippen LogP contribution in [0.25, 0.3) is 0 Å². The average molecular weight is 322 g/mol. The van der Waals surface area contributed by atoms with Gasteiger partial charge in [-0.1, -0.05) is 36.4 Å². The van der Waals surface area contributed by atoms with Crippen LogP contribution in [0, 0.1) is 10.1 Å². The second kappa shape index (κ2) is 7.46. The molecule has 0 fully saturated rings. The fraction of sp³-hybridized carbons (Fsp3) is 0.158. The van der Waals surface area contributed by atoms with Crippen LogP contribution in [-0.2, 0) is 19.6 Å². The summed E-state index contributed by atoms with van der Waals surface area (Å²) < 4.78 is 7.69. The van der Waals surface area contributed by atoms with Crippen molar-refractivity contribution in [1.82, 2.24) is 4.57 Å². The lowest BCUT2D eigenvalue weighted by atomic mass is 10.1.